The van der Waals surface area contributed by atoms with Crippen LogP contribution in [0.25, 0.3) is 0 Å². The molecule has 0 unspecified atom stereocenters. The number of rotatable bonds is 3. The molecule has 0 bridgehead atoms. The first-order chi connectivity index (χ1) is 9.42. The van der Waals surface area contributed by atoms with Crippen molar-refractivity contribution in [2.45, 2.75) is 0 Å². The van der Waals surface area contributed by atoms with Gasteiger partial charge in [0.2, 0.25) is 17.2 Å². The Hall–Kier alpha value is -2.16. The molecule has 0 atom stereocenters. The highest BCUT2D eigenvalue weighted by atomic mass is 35.5. The molecule has 1 heterocycles. The van der Waals surface area contributed by atoms with E-state index in [-0.39, 0.29) is 23.2 Å². The van der Waals surface area contributed by atoms with E-state index < -0.39 is 29.0 Å². The molecule has 0 saturated carbocycles. The van der Waals surface area contributed by atoms with Crippen molar-refractivity contribution in [3.8, 4) is 0 Å². The lowest BCUT2D eigenvalue weighted by Crippen LogP contribution is -2.08. The summed E-state index contributed by atoms with van der Waals surface area (Å²) in [7, 11) is 1.47. The lowest BCUT2D eigenvalue weighted by molar-refractivity contribution is 0.459. The van der Waals surface area contributed by atoms with Crippen LogP contribution in [0.15, 0.2) is 6.07 Å². The number of anilines is 3. The molecule has 106 valence electrons. The predicted octanol–water partition coefficient (Wildman–Crippen LogP) is 2.87. The van der Waals surface area contributed by atoms with Crippen molar-refractivity contribution in [1.82, 2.24) is 15.0 Å². The molecular weight excluding hydrogens is 302 g/mol. The number of hydrogen-bond acceptors (Lipinski definition) is 5. The zero-order valence-electron chi connectivity index (χ0n) is 9.81. The minimum absolute atomic E-state index is 0.00481. The molecule has 20 heavy (non-hydrogen) atoms. The fourth-order valence-electron chi connectivity index (χ4n) is 1.31. The Morgan fingerprint density at radius 2 is 1.50 bits per heavy atom. The Kier molecular flexibility index (Phi) is 3.89. The monoisotopic (exact) mass is 307 g/mol. The van der Waals surface area contributed by atoms with Crippen molar-refractivity contribution in [1.29, 1.82) is 0 Å². The van der Waals surface area contributed by atoms with Crippen molar-refractivity contribution >= 4 is 29.2 Å². The van der Waals surface area contributed by atoms with Crippen LogP contribution in [0.4, 0.5) is 35.1 Å². The maximum atomic E-state index is 13.4. The molecule has 0 amide bonds. The van der Waals surface area contributed by atoms with E-state index in [1.165, 1.54) is 7.05 Å². The van der Waals surface area contributed by atoms with Gasteiger partial charge in [-0.05, 0) is 11.6 Å². The topological polar surface area (TPSA) is 62.7 Å². The molecule has 10 heteroatoms. The molecule has 0 radical (unpaired) electrons. The number of halogens is 5. The average molecular weight is 308 g/mol. The molecule has 0 saturated heterocycles. The molecule has 2 rings (SSSR count). The first kappa shape index (κ1) is 14.3. The molecule has 1 aromatic heterocycles. The van der Waals surface area contributed by atoms with E-state index in [0.29, 0.717) is 0 Å². The second kappa shape index (κ2) is 5.45. The first-order valence-electron chi connectivity index (χ1n) is 5.11. The molecule has 1 aromatic carbocycles. The highest BCUT2D eigenvalue weighted by Crippen LogP contribution is 2.26. The van der Waals surface area contributed by atoms with Gasteiger partial charge in [-0.1, -0.05) is 0 Å². The lowest BCUT2D eigenvalue weighted by Gasteiger charge is -2.09. The van der Waals surface area contributed by atoms with Crippen molar-refractivity contribution in [2.75, 3.05) is 17.7 Å². The van der Waals surface area contributed by atoms with E-state index in [4.69, 9.17) is 11.6 Å². The van der Waals surface area contributed by atoms with Crippen molar-refractivity contribution in [3.63, 3.8) is 0 Å². The van der Waals surface area contributed by atoms with Crippen molar-refractivity contribution < 1.29 is 17.6 Å². The van der Waals surface area contributed by atoms with Crippen LogP contribution in [0, 0.1) is 23.3 Å². The third kappa shape index (κ3) is 2.72. The summed E-state index contributed by atoms with van der Waals surface area (Å²) in [6, 6.07) is 0.0925. The Labute approximate surface area is 115 Å². The summed E-state index contributed by atoms with van der Waals surface area (Å²) in [5, 5.41) is 4.27. The van der Waals surface area contributed by atoms with E-state index in [9.17, 15) is 17.6 Å². The summed E-state index contributed by atoms with van der Waals surface area (Å²) in [6.07, 6.45) is 0. The molecule has 5 nitrogen and oxygen atoms in total. The molecule has 2 aromatic rings. The van der Waals surface area contributed by atoms with Gasteiger partial charge in [0, 0.05) is 13.1 Å². The Bertz CT molecular complexity index is 640. The fraction of sp³-hybridized carbons (Fsp3) is 0.100. The Morgan fingerprint density at radius 1 is 0.950 bits per heavy atom. The summed E-state index contributed by atoms with van der Waals surface area (Å²) >= 11 is 5.56. The van der Waals surface area contributed by atoms with Crippen molar-refractivity contribution in [2.24, 2.45) is 0 Å². The summed E-state index contributed by atoms with van der Waals surface area (Å²) in [5.41, 5.74) is -1.06. The van der Waals surface area contributed by atoms with Gasteiger partial charge in [-0.15, -0.1) is 0 Å². The third-order valence-electron chi connectivity index (χ3n) is 2.18. The number of benzene rings is 1. The second-order valence-electron chi connectivity index (χ2n) is 3.47. The van der Waals surface area contributed by atoms with Crippen molar-refractivity contribution in [3.05, 3.63) is 34.6 Å². The van der Waals surface area contributed by atoms with Crippen LogP contribution < -0.4 is 10.6 Å². The minimum Gasteiger partial charge on any atom is -0.357 e. The van der Waals surface area contributed by atoms with E-state index >= 15 is 0 Å². The maximum absolute atomic E-state index is 13.4. The van der Waals surface area contributed by atoms with Gasteiger partial charge < -0.3 is 10.6 Å². The van der Waals surface area contributed by atoms with E-state index in [2.05, 4.69) is 20.3 Å². The molecule has 0 fully saturated rings. The Balaban J connectivity index is 2.47. The molecule has 0 spiro atoms. The van der Waals surface area contributed by atoms with Gasteiger partial charge in [-0.2, -0.15) is 15.0 Å². The van der Waals surface area contributed by atoms with Gasteiger partial charge in [0.05, 0.1) is 0 Å². The van der Waals surface area contributed by atoms with Crippen LogP contribution in [-0.4, -0.2) is 22.0 Å². The smallest absolute Gasteiger partial charge is 0.233 e. The van der Waals surface area contributed by atoms with E-state index in [1.54, 1.807) is 0 Å². The summed E-state index contributed by atoms with van der Waals surface area (Å²) in [6.45, 7) is 0. The van der Waals surface area contributed by atoms with Crippen LogP contribution >= 0.6 is 11.6 Å². The van der Waals surface area contributed by atoms with Gasteiger partial charge in [-0.3, -0.25) is 0 Å². The normalized spacial score (nSPS) is 10.5. The first-order valence-corrected chi connectivity index (χ1v) is 5.49. The fourth-order valence-corrected chi connectivity index (χ4v) is 1.47. The molecular formula is C10H6ClF4N5. The van der Waals surface area contributed by atoms with Crippen LogP contribution in [-0.2, 0) is 0 Å². The van der Waals surface area contributed by atoms with Gasteiger partial charge in [-0.25, -0.2) is 17.6 Å². The summed E-state index contributed by atoms with van der Waals surface area (Å²) in [4.78, 5) is 10.8. The van der Waals surface area contributed by atoms with Crippen LogP contribution in [0.1, 0.15) is 0 Å². The maximum Gasteiger partial charge on any atom is 0.233 e. The lowest BCUT2D eigenvalue weighted by atomic mass is 10.2. The molecule has 0 aliphatic carbocycles. The second-order valence-corrected chi connectivity index (χ2v) is 3.81. The predicted molar refractivity (Wildman–Crippen MR) is 63.9 cm³/mol. The van der Waals surface area contributed by atoms with Crippen LogP contribution in [0.5, 0.6) is 0 Å². The summed E-state index contributed by atoms with van der Waals surface area (Å²) < 4.78 is 53.0. The Morgan fingerprint density at radius 3 is 2.05 bits per heavy atom. The summed E-state index contributed by atoms with van der Waals surface area (Å²) in [5.74, 6) is -6.69. The SMILES string of the molecule is CNc1nc(Cl)nc(Nc2c(F)c(F)cc(F)c2F)n1. The molecule has 2 N–H and O–H groups in total. The third-order valence-corrected chi connectivity index (χ3v) is 2.35. The quantitative estimate of drug-likeness (QED) is 0.674. The molecule has 0 aliphatic rings. The highest BCUT2D eigenvalue weighted by molar-refractivity contribution is 6.28. The zero-order valence-corrected chi connectivity index (χ0v) is 10.6. The standard InChI is InChI=1S/C10H6ClF4N5/c1-16-9-18-8(11)19-10(20-9)17-7-5(14)3(12)2-4(13)6(7)15/h2H,1H3,(H2,16,17,18,19,20). The number of aromatic nitrogens is 3. The van der Waals surface area contributed by atoms with Gasteiger partial charge in [0.25, 0.3) is 0 Å². The highest BCUT2D eigenvalue weighted by Gasteiger charge is 2.20. The molecule has 0 aliphatic heterocycles. The number of nitrogens with one attached hydrogen (secondary N) is 2. The van der Waals surface area contributed by atoms with Gasteiger partial charge in [0.15, 0.2) is 23.3 Å². The van der Waals surface area contributed by atoms with Crippen LogP contribution in [0.2, 0.25) is 5.28 Å². The van der Waals surface area contributed by atoms with Gasteiger partial charge in [0.1, 0.15) is 5.69 Å². The average Bonchev–Trinajstić information content (AvgIpc) is 2.40. The zero-order chi connectivity index (χ0) is 14.9. The van der Waals surface area contributed by atoms with E-state index in [1.807, 2.05) is 5.32 Å². The minimum atomic E-state index is -1.61. The van der Waals surface area contributed by atoms with E-state index in [0.717, 1.165) is 0 Å². The largest absolute Gasteiger partial charge is 0.357 e. The number of hydrogen-bond donors (Lipinski definition) is 2. The van der Waals surface area contributed by atoms with Gasteiger partial charge >= 0.3 is 0 Å². The van der Waals surface area contributed by atoms with Crippen LogP contribution in [0.3, 0.4) is 0 Å². The number of nitrogens with zero attached hydrogens (tertiary/aromatic N) is 3.